The summed E-state index contributed by atoms with van der Waals surface area (Å²) in [5.41, 5.74) is 8.04. The van der Waals surface area contributed by atoms with E-state index in [9.17, 15) is 4.79 Å². The van der Waals surface area contributed by atoms with Gasteiger partial charge in [-0.3, -0.25) is 14.7 Å². The van der Waals surface area contributed by atoms with Gasteiger partial charge in [0.1, 0.15) is 0 Å². The third kappa shape index (κ3) is 7.30. The number of piperidine rings is 1. The fraction of sp³-hybridized carbons (Fsp3) is 0.636. The average Bonchev–Trinajstić information content (AvgIpc) is 2.68. The minimum absolute atomic E-state index is 0. The van der Waals surface area contributed by atoms with Crippen LogP contribution in [0.1, 0.15) is 37.8 Å². The van der Waals surface area contributed by atoms with Gasteiger partial charge in [0.2, 0.25) is 5.91 Å². The molecule has 0 aromatic heterocycles. The third-order valence-electron chi connectivity index (χ3n) is 5.69. The minimum atomic E-state index is -0.168. The number of nitrogens with one attached hydrogen (secondary N) is 1. The molecule has 2 fully saturated rings. The van der Waals surface area contributed by atoms with Gasteiger partial charge in [-0.2, -0.15) is 11.8 Å². The summed E-state index contributed by atoms with van der Waals surface area (Å²) in [5, 5.41) is 3.54. The number of primary amides is 1. The van der Waals surface area contributed by atoms with E-state index in [0.717, 1.165) is 63.8 Å². The van der Waals surface area contributed by atoms with Crippen molar-refractivity contribution in [1.29, 1.82) is 0 Å². The number of carbonyl (C=O) groups is 1. The van der Waals surface area contributed by atoms with Crippen LogP contribution < -0.4 is 11.1 Å². The van der Waals surface area contributed by atoms with Crippen LogP contribution in [0.3, 0.4) is 0 Å². The quantitative estimate of drug-likeness (QED) is 0.338. The molecule has 0 aliphatic carbocycles. The van der Waals surface area contributed by atoms with Crippen molar-refractivity contribution in [3.63, 3.8) is 0 Å². The van der Waals surface area contributed by atoms with Gasteiger partial charge in [-0.15, -0.1) is 24.0 Å². The van der Waals surface area contributed by atoms with Crippen LogP contribution in [0.4, 0.5) is 0 Å². The molecule has 2 aliphatic rings. The summed E-state index contributed by atoms with van der Waals surface area (Å²) in [5.74, 6) is 1.93. The molecule has 168 valence electrons. The molecule has 0 bridgehead atoms. The van der Waals surface area contributed by atoms with Crippen molar-refractivity contribution in [2.24, 2.45) is 16.6 Å². The van der Waals surface area contributed by atoms with Gasteiger partial charge in [-0.1, -0.05) is 24.3 Å². The maximum Gasteiger partial charge on any atom is 0.221 e. The lowest BCUT2D eigenvalue weighted by atomic mass is 9.97. The van der Waals surface area contributed by atoms with Crippen LogP contribution in [0.5, 0.6) is 0 Å². The van der Waals surface area contributed by atoms with Gasteiger partial charge in [0.05, 0.1) is 5.92 Å². The monoisotopic (exact) mass is 545 g/mol. The van der Waals surface area contributed by atoms with Crippen LogP contribution >= 0.6 is 35.7 Å². The largest absolute Gasteiger partial charge is 0.369 e. The second-order valence-corrected chi connectivity index (χ2v) is 10.5. The summed E-state index contributed by atoms with van der Waals surface area (Å²) in [6.07, 6.45) is 1.95. The lowest BCUT2D eigenvalue weighted by molar-refractivity contribution is -0.123. The highest BCUT2D eigenvalue weighted by atomic mass is 127. The average molecular weight is 546 g/mol. The van der Waals surface area contributed by atoms with Crippen LogP contribution in [-0.2, 0) is 17.9 Å². The molecule has 0 spiro atoms. The maximum absolute atomic E-state index is 11.5. The predicted octanol–water partition coefficient (Wildman–Crippen LogP) is 2.90. The Labute approximate surface area is 202 Å². The van der Waals surface area contributed by atoms with Gasteiger partial charge in [-0.25, -0.2) is 0 Å². The Morgan fingerprint density at radius 1 is 1.33 bits per heavy atom. The normalized spacial score (nSPS) is 22.3. The van der Waals surface area contributed by atoms with Gasteiger partial charge >= 0.3 is 0 Å². The van der Waals surface area contributed by atoms with E-state index < -0.39 is 0 Å². The van der Waals surface area contributed by atoms with E-state index in [1.807, 2.05) is 18.8 Å². The summed E-state index contributed by atoms with van der Waals surface area (Å²) in [6.45, 7) is 10.1. The van der Waals surface area contributed by atoms with Crippen molar-refractivity contribution in [2.75, 3.05) is 39.0 Å². The summed E-state index contributed by atoms with van der Waals surface area (Å²) >= 11 is 2.03. The number of rotatable bonds is 5. The molecule has 8 heteroatoms. The highest BCUT2D eigenvalue weighted by molar-refractivity contribution is 14.0. The number of nitrogens with two attached hydrogens (primary N) is 1. The van der Waals surface area contributed by atoms with Gasteiger partial charge in [0, 0.05) is 50.3 Å². The molecule has 0 radical (unpaired) electrons. The molecular formula is C22H36IN5OS. The Hall–Kier alpha value is -1.00. The highest BCUT2D eigenvalue weighted by Gasteiger charge is 2.28. The summed E-state index contributed by atoms with van der Waals surface area (Å²) in [6, 6.07) is 8.69. The topological polar surface area (TPSA) is 74.0 Å². The zero-order valence-electron chi connectivity index (χ0n) is 18.4. The van der Waals surface area contributed by atoms with Crippen molar-refractivity contribution in [3.05, 3.63) is 35.4 Å². The maximum atomic E-state index is 11.5. The van der Waals surface area contributed by atoms with Gasteiger partial charge in [-0.05, 0) is 44.4 Å². The molecule has 3 N–H and O–H groups in total. The van der Waals surface area contributed by atoms with E-state index in [1.165, 1.54) is 11.1 Å². The molecule has 1 aromatic rings. The van der Waals surface area contributed by atoms with Crippen LogP contribution in [-0.4, -0.2) is 65.4 Å². The second-order valence-electron chi connectivity index (χ2n) is 8.73. The van der Waals surface area contributed by atoms with E-state index in [1.54, 1.807) is 0 Å². The first-order valence-electron chi connectivity index (χ1n) is 10.6. The molecule has 0 saturated carbocycles. The number of aliphatic imine (C=N–C) groups is 1. The number of nitrogens with zero attached hydrogens (tertiary/aromatic N) is 3. The Balaban J connectivity index is 0.00000320. The number of hydrogen-bond donors (Lipinski definition) is 2. The first kappa shape index (κ1) is 25.3. The number of halogens is 1. The summed E-state index contributed by atoms with van der Waals surface area (Å²) in [4.78, 5) is 20.7. The van der Waals surface area contributed by atoms with Crippen LogP contribution in [0.15, 0.2) is 29.3 Å². The molecule has 1 atom stereocenters. The van der Waals surface area contributed by atoms with Crippen LogP contribution in [0.2, 0.25) is 0 Å². The summed E-state index contributed by atoms with van der Waals surface area (Å²) < 4.78 is 0.257. The zero-order valence-corrected chi connectivity index (χ0v) is 21.5. The number of likely N-dealkylation sites (tertiary alicyclic amines) is 1. The third-order valence-corrected chi connectivity index (χ3v) is 6.99. The second kappa shape index (κ2) is 11.6. The van der Waals surface area contributed by atoms with Crippen molar-refractivity contribution >= 4 is 47.6 Å². The van der Waals surface area contributed by atoms with E-state index >= 15 is 0 Å². The number of carbonyl (C=O) groups excluding carboxylic acids is 1. The lowest BCUT2D eigenvalue weighted by Gasteiger charge is -2.39. The molecule has 30 heavy (non-hydrogen) atoms. The van der Waals surface area contributed by atoms with Crippen LogP contribution in [0, 0.1) is 5.92 Å². The molecule has 1 aromatic carbocycles. The molecule has 2 heterocycles. The molecule has 2 saturated heterocycles. The molecule has 3 rings (SSSR count). The Bertz CT molecular complexity index is 742. The number of thioether (sulfide) groups is 1. The molecule has 1 amide bonds. The zero-order chi connectivity index (χ0) is 20.9. The Kier molecular flexibility index (Phi) is 9.74. The predicted molar refractivity (Wildman–Crippen MR) is 137 cm³/mol. The van der Waals surface area contributed by atoms with Crippen molar-refractivity contribution in [3.8, 4) is 0 Å². The number of guanidine groups is 1. The van der Waals surface area contributed by atoms with E-state index in [2.05, 4.69) is 58.2 Å². The molecule has 1 unspecified atom stereocenters. The molecular weight excluding hydrogens is 509 g/mol. The number of benzene rings is 1. The smallest absolute Gasteiger partial charge is 0.221 e. The minimum Gasteiger partial charge on any atom is -0.369 e. The number of hydrogen-bond acceptors (Lipinski definition) is 4. The fourth-order valence-electron chi connectivity index (χ4n) is 4.24. The van der Waals surface area contributed by atoms with Crippen molar-refractivity contribution in [2.45, 2.75) is 44.5 Å². The molecule has 2 aliphatic heterocycles. The Morgan fingerprint density at radius 2 is 2.10 bits per heavy atom. The SMILES string of the molecule is CN=C(NCc1cccc(CN2CCCC(C(N)=O)C2)c1)N1CCSC(C)(C)C1.I. The van der Waals surface area contributed by atoms with Crippen molar-refractivity contribution < 1.29 is 4.79 Å². The van der Waals surface area contributed by atoms with Crippen molar-refractivity contribution in [1.82, 2.24) is 15.1 Å². The van der Waals surface area contributed by atoms with Gasteiger partial charge in [0.15, 0.2) is 5.96 Å². The highest BCUT2D eigenvalue weighted by Crippen LogP contribution is 2.29. The Morgan fingerprint density at radius 3 is 2.80 bits per heavy atom. The van der Waals surface area contributed by atoms with Gasteiger partial charge < -0.3 is 16.0 Å². The lowest BCUT2D eigenvalue weighted by Crippen LogP contribution is -2.50. The molecule has 6 nitrogen and oxygen atoms in total. The number of amides is 1. The first-order valence-corrected chi connectivity index (χ1v) is 11.5. The van der Waals surface area contributed by atoms with E-state index in [0.29, 0.717) is 0 Å². The fourth-order valence-corrected chi connectivity index (χ4v) is 5.35. The summed E-state index contributed by atoms with van der Waals surface area (Å²) in [7, 11) is 1.86. The van der Waals surface area contributed by atoms with E-state index in [4.69, 9.17) is 5.73 Å². The van der Waals surface area contributed by atoms with Gasteiger partial charge in [0.25, 0.3) is 0 Å². The first-order chi connectivity index (χ1) is 13.9. The van der Waals surface area contributed by atoms with Crippen LogP contribution in [0.25, 0.3) is 0 Å². The van der Waals surface area contributed by atoms with E-state index in [-0.39, 0.29) is 40.5 Å². The standard InChI is InChI=1S/C22H35N5OS.HI/c1-22(2)16-27(10-11-29-22)21(24-3)25-13-17-6-4-7-18(12-17)14-26-9-5-8-19(15-26)20(23)28;/h4,6-7,12,19H,5,8-11,13-16H2,1-3H3,(H2,23,28)(H,24,25);1H.